The van der Waals surface area contributed by atoms with Gasteiger partial charge in [0.2, 0.25) is 0 Å². The van der Waals surface area contributed by atoms with Crippen LogP contribution >= 0.6 is 0 Å². The number of anilines is 3. The van der Waals surface area contributed by atoms with E-state index < -0.39 is 23.4 Å². The summed E-state index contributed by atoms with van der Waals surface area (Å²) in [6.07, 6.45) is -0.749. The second-order valence-corrected chi connectivity index (χ2v) is 6.39. The first-order valence-corrected chi connectivity index (χ1v) is 7.60. The van der Waals surface area contributed by atoms with Gasteiger partial charge in [0.25, 0.3) is 5.91 Å². The summed E-state index contributed by atoms with van der Waals surface area (Å²) in [6, 6.07) is 9.96. The van der Waals surface area contributed by atoms with Crippen molar-refractivity contribution in [1.29, 1.82) is 0 Å². The van der Waals surface area contributed by atoms with Gasteiger partial charge in [-0.15, -0.1) is 0 Å². The summed E-state index contributed by atoms with van der Waals surface area (Å²) in [4.78, 5) is 24.2. The number of hydrogen-bond acceptors (Lipinski definition) is 4. The minimum atomic E-state index is -0.749. The molecular weight excluding hydrogens is 325 g/mol. The molecule has 0 heterocycles. The van der Waals surface area contributed by atoms with Gasteiger partial charge in [-0.3, -0.25) is 10.1 Å². The number of nitrogen functional groups attached to an aromatic ring is 1. The largest absolute Gasteiger partial charge is 0.444 e. The second-order valence-electron chi connectivity index (χ2n) is 6.39. The molecule has 6 nitrogen and oxygen atoms in total. The molecule has 4 N–H and O–H groups in total. The number of carbonyl (C=O) groups excluding carboxylic acids is 2. The van der Waals surface area contributed by atoms with Crippen molar-refractivity contribution in [2.45, 2.75) is 26.4 Å². The first-order valence-electron chi connectivity index (χ1n) is 7.60. The molecule has 0 aliphatic rings. The number of rotatable bonds is 3. The third kappa shape index (κ3) is 5.49. The second kappa shape index (κ2) is 7.21. The Bertz CT molecular complexity index is 783. The maximum atomic E-state index is 13.5. The van der Waals surface area contributed by atoms with Crippen molar-refractivity contribution in [3.8, 4) is 0 Å². The van der Waals surface area contributed by atoms with E-state index >= 15 is 0 Å². The average Bonchev–Trinajstić information content (AvgIpc) is 2.48. The summed E-state index contributed by atoms with van der Waals surface area (Å²) in [5.41, 5.74) is 6.14. The predicted octanol–water partition coefficient (Wildman–Crippen LogP) is 4.01. The molecule has 2 aromatic carbocycles. The van der Waals surface area contributed by atoms with Crippen molar-refractivity contribution in [3.63, 3.8) is 0 Å². The number of halogens is 1. The smallest absolute Gasteiger partial charge is 0.412 e. The average molecular weight is 345 g/mol. The van der Waals surface area contributed by atoms with Crippen LogP contribution in [0.1, 0.15) is 31.1 Å². The van der Waals surface area contributed by atoms with Crippen molar-refractivity contribution in [3.05, 3.63) is 53.8 Å². The highest BCUT2D eigenvalue weighted by Gasteiger charge is 2.18. The van der Waals surface area contributed by atoms with Crippen LogP contribution in [-0.2, 0) is 4.74 Å². The van der Waals surface area contributed by atoms with Crippen LogP contribution in [0.25, 0.3) is 0 Å². The van der Waals surface area contributed by atoms with Gasteiger partial charge in [-0.05, 0) is 63.2 Å². The Kier molecular flexibility index (Phi) is 5.26. The van der Waals surface area contributed by atoms with Gasteiger partial charge in [-0.25, -0.2) is 9.18 Å². The van der Waals surface area contributed by atoms with Crippen molar-refractivity contribution in [2.24, 2.45) is 0 Å². The zero-order valence-corrected chi connectivity index (χ0v) is 14.2. The fraction of sp³-hybridized carbons (Fsp3) is 0.222. The summed E-state index contributed by atoms with van der Waals surface area (Å²) in [5, 5.41) is 5.06. The normalized spacial score (nSPS) is 10.9. The van der Waals surface area contributed by atoms with Crippen LogP contribution in [0.3, 0.4) is 0 Å². The van der Waals surface area contributed by atoms with E-state index in [1.165, 1.54) is 12.1 Å². The number of carbonyl (C=O) groups is 2. The monoisotopic (exact) mass is 345 g/mol. The quantitative estimate of drug-likeness (QED) is 0.733. The Balaban J connectivity index is 2.19. The summed E-state index contributed by atoms with van der Waals surface area (Å²) in [7, 11) is 0. The van der Waals surface area contributed by atoms with Crippen LogP contribution < -0.4 is 16.4 Å². The van der Waals surface area contributed by atoms with E-state index in [9.17, 15) is 14.0 Å². The van der Waals surface area contributed by atoms with Gasteiger partial charge in [-0.2, -0.15) is 0 Å². The summed E-state index contributed by atoms with van der Waals surface area (Å²) in [5.74, 6) is -0.976. The first kappa shape index (κ1) is 18.3. The van der Waals surface area contributed by atoms with Crippen molar-refractivity contribution in [1.82, 2.24) is 0 Å². The molecule has 0 aromatic heterocycles. The Morgan fingerprint density at radius 1 is 1.00 bits per heavy atom. The SMILES string of the molecule is CC(C)(C)OC(=O)Nc1cc(F)ccc1NC(=O)c1ccc(N)cc1. The number of ether oxygens (including phenoxy) is 1. The molecule has 0 aliphatic heterocycles. The molecule has 0 fully saturated rings. The molecule has 25 heavy (non-hydrogen) atoms. The summed E-state index contributed by atoms with van der Waals surface area (Å²) >= 11 is 0. The number of nitrogens with two attached hydrogens (primary N) is 1. The van der Waals surface area contributed by atoms with Crippen LogP contribution in [0.2, 0.25) is 0 Å². The zero-order valence-electron chi connectivity index (χ0n) is 14.2. The van der Waals surface area contributed by atoms with Gasteiger partial charge < -0.3 is 15.8 Å². The lowest BCUT2D eigenvalue weighted by Crippen LogP contribution is -2.27. The van der Waals surface area contributed by atoms with Crippen LogP contribution in [-0.4, -0.2) is 17.6 Å². The molecule has 0 spiro atoms. The van der Waals surface area contributed by atoms with E-state index in [1.807, 2.05) is 0 Å². The highest BCUT2D eigenvalue weighted by molar-refractivity contribution is 6.07. The number of hydrogen-bond donors (Lipinski definition) is 3. The molecule has 2 rings (SSSR count). The molecule has 7 heteroatoms. The van der Waals surface area contributed by atoms with Crippen LogP contribution in [0.4, 0.5) is 26.2 Å². The molecule has 0 bridgehead atoms. The molecule has 132 valence electrons. The van der Waals surface area contributed by atoms with Gasteiger partial charge in [0.05, 0.1) is 11.4 Å². The minimum Gasteiger partial charge on any atom is -0.444 e. The highest BCUT2D eigenvalue weighted by Crippen LogP contribution is 2.24. The lowest BCUT2D eigenvalue weighted by atomic mass is 10.2. The lowest BCUT2D eigenvalue weighted by Gasteiger charge is -2.20. The third-order valence-electron chi connectivity index (χ3n) is 3.04. The topological polar surface area (TPSA) is 93.5 Å². The fourth-order valence-electron chi connectivity index (χ4n) is 1.97. The Labute approximate surface area is 145 Å². The Hall–Kier alpha value is -3.09. The Morgan fingerprint density at radius 3 is 2.24 bits per heavy atom. The van der Waals surface area contributed by atoms with E-state index in [4.69, 9.17) is 10.5 Å². The molecule has 0 saturated carbocycles. The standard InChI is InChI=1S/C18H20FN3O3/c1-18(2,3)25-17(24)22-15-10-12(19)6-9-14(15)21-16(23)11-4-7-13(20)8-5-11/h4-10H,20H2,1-3H3,(H,21,23)(H,22,24). The predicted molar refractivity (Wildman–Crippen MR) is 95.1 cm³/mol. The van der Waals surface area contributed by atoms with Crippen molar-refractivity contribution in [2.75, 3.05) is 16.4 Å². The van der Waals surface area contributed by atoms with Gasteiger partial charge in [-0.1, -0.05) is 0 Å². The van der Waals surface area contributed by atoms with Crippen LogP contribution in [0, 0.1) is 5.82 Å². The maximum Gasteiger partial charge on any atom is 0.412 e. The number of nitrogens with one attached hydrogen (secondary N) is 2. The van der Waals surface area contributed by atoms with Gasteiger partial charge in [0.15, 0.2) is 0 Å². The fourth-order valence-corrected chi connectivity index (χ4v) is 1.97. The zero-order chi connectivity index (χ0) is 18.6. The minimum absolute atomic E-state index is 0.0954. The lowest BCUT2D eigenvalue weighted by molar-refractivity contribution is 0.0635. The van der Waals surface area contributed by atoms with E-state index in [2.05, 4.69) is 10.6 Å². The maximum absolute atomic E-state index is 13.5. The van der Waals surface area contributed by atoms with E-state index in [0.717, 1.165) is 6.07 Å². The van der Waals surface area contributed by atoms with Gasteiger partial charge >= 0.3 is 6.09 Å². The Morgan fingerprint density at radius 2 is 1.64 bits per heavy atom. The highest BCUT2D eigenvalue weighted by atomic mass is 19.1. The number of benzene rings is 2. The molecule has 0 aliphatic carbocycles. The van der Waals surface area contributed by atoms with Crippen molar-refractivity contribution >= 4 is 29.1 Å². The molecule has 2 aromatic rings. The first-order chi connectivity index (χ1) is 11.6. The van der Waals surface area contributed by atoms with Crippen LogP contribution in [0.15, 0.2) is 42.5 Å². The molecule has 0 radical (unpaired) electrons. The summed E-state index contributed by atoms with van der Waals surface area (Å²) in [6.45, 7) is 5.13. The molecular formula is C18H20FN3O3. The molecule has 0 saturated heterocycles. The van der Waals surface area contributed by atoms with Gasteiger partial charge in [0, 0.05) is 11.3 Å². The van der Waals surface area contributed by atoms with Crippen LogP contribution in [0.5, 0.6) is 0 Å². The van der Waals surface area contributed by atoms with Gasteiger partial charge in [0.1, 0.15) is 11.4 Å². The number of amides is 2. The van der Waals surface area contributed by atoms with E-state index in [0.29, 0.717) is 11.3 Å². The molecule has 0 unspecified atom stereocenters. The van der Waals surface area contributed by atoms with E-state index in [1.54, 1.807) is 45.0 Å². The molecule has 0 atom stereocenters. The summed E-state index contributed by atoms with van der Waals surface area (Å²) < 4.78 is 18.7. The third-order valence-corrected chi connectivity index (χ3v) is 3.04. The molecule has 2 amide bonds. The van der Waals surface area contributed by atoms with Crippen molar-refractivity contribution < 1.29 is 18.7 Å². The van der Waals surface area contributed by atoms with E-state index in [-0.39, 0.29) is 11.4 Å².